The minimum absolute atomic E-state index is 0.0723. The highest BCUT2D eigenvalue weighted by atomic mass is 16.3. The predicted molar refractivity (Wildman–Crippen MR) is 87.3 cm³/mol. The van der Waals surface area contributed by atoms with Gasteiger partial charge in [-0.1, -0.05) is 18.2 Å². The monoisotopic (exact) mass is 324 g/mol. The van der Waals surface area contributed by atoms with Gasteiger partial charge in [0, 0.05) is 30.2 Å². The van der Waals surface area contributed by atoms with E-state index in [9.17, 15) is 19.5 Å². The summed E-state index contributed by atoms with van der Waals surface area (Å²) in [5.74, 6) is -0.556. The topological polar surface area (TPSA) is 86.7 Å². The van der Waals surface area contributed by atoms with Gasteiger partial charge in [0.05, 0.1) is 6.54 Å². The number of nitrogens with zero attached hydrogens (tertiary/aromatic N) is 1. The molecule has 0 aliphatic carbocycles. The molecule has 2 aromatic carbocycles. The number of benzene rings is 2. The molecule has 3 rings (SSSR count). The zero-order chi connectivity index (χ0) is 17.1. The molecule has 0 aromatic heterocycles. The maximum atomic E-state index is 12.2. The first kappa shape index (κ1) is 15.7. The molecule has 1 aliphatic heterocycles. The van der Waals surface area contributed by atoms with Crippen LogP contribution < -0.4 is 5.32 Å². The van der Waals surface area contributed by atoms with Crippen LogP contribution >= 0.6 is 0 Å². The third-order valence-corrected chi connectivity index (χ3v) is 3.82. The van der Waals surface area contributed by atoms with Crippen molar-refractivity contribution in [3.05, 3.63) is 59.7 Å². The number of aromatic hydroxyl groups is 1. The first-order valence-electron chi connectivity index (χ1n) is 7.55. The van der Waals surface area contributed by atoms with Crippen LogP contribution in [0.4, 0.5) is 5.69 Å². The molecule has 122 valence electrons. The van der Waals surface area contributed by atoms with Crippen molar-refractivity contribution in [3.63, 3.8) is 0 Å². The van der Waals surface area contributed by atoms with Gasteiger partial charge in [-0.25, -0.2) is 0 Å². The van der Waals surface area contributed by atoms with Crippen molar-refractivity contribution in [1.29, 1.82) is 0 Å². The second-order valence-corrected chi connectivity index (χ2v) is 5.57. The summed E-state index contributed by atoms with van der Waals surface area (Å²) in [7, 11) is 0. The number of carbonyl (C=O) groups is 3. The Hall–Kier alpha value is -3.15. The molecule has 1 saturated heterocycles. The first-order valence-corrected chi connectivity index (χ1v) is 7.55. The molecule has 1 heterocycles. The average Bonchev–Trinajstić information content (AvgIpc) is 2.87. The predicted octanol–water partition coefficient (Wildman–Crippen LogP) is 2.29. The van der Waals surface area contributed by atoms with E-state index in [2.05, 4.69) is 5.32 Å². The molecule has 0 saturated carbocycles. The minimum atomic E-state index is -0.305. The van der Waals surface area contributed by atoms with Crippen LogP contribution in [0.15, 0.2) is 48.5 Å². The van der Waals surface area contributed by atoms with E-state index in [4.69, 9.17) is 0 Å². The zero-order valence-electron chi connectivity index (χ0n) is 12.9. The summed E-state index contributed by atoms with van der Waals surface area (Å²) >= 11 is 0. The summed E-state index contributed by atoms with van der Waals surface area (Å²) in [5, 5.41) is 12.1. The number of nitrogens with one attached hydrogen (secondary N) is 1. The van der Waals surface area contributed by atoms with Gasteiger partial charge >= 0.3 is 0 Å². The lowest BCUT2D eigenvalue weighted by Crippen LogP contribution is -2.28. The molecule has 6 nitrogen and oxygen atoms in total. The fourth-order valence-electron chi connectivity index (χ4n) is 2.53. The number of likely N-dealkylation sites (tertiary alicyclic amines) is 1. The van der Waals surface area contributed by atoms with Gasteiger partial charge in [-0.15, -0.1) is 0 Å². The molecule has 2 aromatic rings. The van der Waals surface area contributed by atoms with E-state index in [1.165, 1.54) is 17.0 Å². The molecule has 2 N–H and O–H groups in total. The van der Waals surface area contributed by atoms with E-state index in [1.807, 2.05) is 0 Å². The van der Waals surface area contributed by atoms with Crippen molar-refractivity contribution in [2.45, 2.75) is 19.4 Å². The summed E-state index contributed by atoms with van der Waals surface area (Å²) in [6.45, 7) is 0.228. The summed E-state index contributed by atoms with van der Waals surface area (Å²) in [6, 6.07) is 13.0. The standard InChI is InChI=1S/C18H16N2O4/c21-15-3-1-2-14(10-15)19-18(24)13-6-4-12(5-7-13)11-20-16(22)8-9-17(20)23/h1-7,10,21H,8-9,11H2,(H,19,24). The Kier molecular flexibility index (Phi) is 4.29. The number of hydrogen-bond donors (Lipinski definition) is 2. The molecule has 0 radical (unpaired) electrons. The van der Waals surface area contributed by atoms with Gasteiger partial charge < -0.3 is 10.4 Å². The number of rotatable bonds is 4. The van der Waals surface area contributed by atoms with Crippen LogP contribution in [0.2, 0.25) is 0 Å². The van der Waals surface area contributed by atoms with Crippen LogP contribution in [0.3, 0.4) is 0 Å². The summed E-state index contributed by atoms with van der Waals surface area (Å²) in [5.41, 5.74) is 1.73. The van der Waals surface area contributed by atoms with Gasteiger partial charge in [-0.05, 0) is 29.8 Å². The lowest BCUT2D eigenvalue weighted by atomic mass is 10.1. The second-order valence-electron chi connectivity index (χ2n) is 5.57. The summed E-state index contributed by atoms with van der Waals surface area (Å²) in [4.78, 5) is 36.6. The number of phenolic OH excluding ortho intramolecular Hbond substituents is 1. The van der Waals surface area contributed by atoms with Gasteiger partial charge in [0.2, 0.25) is 11.8 Å². The Morgan fingerprint density at radius 2 is 1.71 bits per heavy atom. The third-order valence-electron chi connectivity index (χ3n) is 3.82. The number of carbonyl (C=O) groups excluding carboxylic acids is 3. The highest BCUT2D eigenvalue weighted by molar-refractivity contribution is 6.04. The number of anilines is 1. The normalized spacial score (nSPS) is 14.1. The van der Waals surface area contributed by atoms with E-state index in [-0.39, 0.29) is 42.9 Å². The molecule has 6 heteroatoms. The van der Waals surface area contributed by atoms with Gasteiger partial charge in [-0.2, -0.15) is 0 Å². The minimum Gasteiger partial charge on any atom is -0.508 e. The highest BCUT2D eigenvalue weighted by Crippen LogP contribution is 2.18. The Morgan fingerprint density at radius 1 is 1.04 bits per heavy atom. The molecule has 0 unspecified atom stereocenters. The maximum absolute atomic E-state index is 12.2. The van der Waals surface area contributed by atoms with E-state index < -0.39 is 0 Å². The van der Waals surface area contributed by atoms with Crippen molar-refractivity contribution in [1.82, 2.24) is 4.90 Å². The van der Waals surface area contributed by atoms with E-state index in [1.54, 1.807) is 36.4 Å². The van der Waals surface area contributed by atoms with Crippen LogP contribution in [0.25, 0.3) is 0 Å². The number of phenols is 1. The summed E-state index contributed by atoms with van der Waals surface area (Å²) in [6.07, 6.45) is 0.534. The van der Waals surface area contributed by atoms with Crippen LogP contribution in [0.5, 0.6) is 5.75 Å². The van der Waals surface area contributed by atoms with Crippen molar-refractivity contribution < 1.29 is 19.5 Å². The molecular weight excluding hydrogens is 308 g/mol. The largest absolute Gasteiger partial charge is 0.508 e. The Bertz CT molecular complexity index is 783. The van der Waals surface area contributed by atoms with E-state index in [0.29, 0.717) is 11.3 Å². The molecule has 1 aliphatic rings. The first-order chi connectivity index (χ1) is 11.5. The SMILES string of the molecule is O=C(Nc1cccc(O)c1)c1ccc(CN2C(=O)CCC2=O)cc1. The Labute approximate surface area is 138 Å². The van der Waals surface area contributed by atoms with E-state index in [0.717, 1.165) is 5.56 Å². The van der Waals surface area contributed by atoms with Crippen molar-refractivity contribution in [2.75, 3.05) is 5.32 Å². The van der Waals surface area contributed by atoms with Crippen LogP contribution in [0.1, 0.15) is 28.8 Å². The van der Waals surface area contributed by atoms with Gasteiger partial charge in [0.15, 0.2) is 0 Å². The van der Waals surface area contributed by atoms with Crippen LogP contribution in [-0.2, 0) is 16.1 Å². The Balaban J connectivity index is 1.66. The number of imide groups is 1. The molecular formula is C18H16N2O4. The molecule has 1 fully saturated rings. The van der Waals surface area contributed by atoms with Crippen molar-refractivity contribution >= 4 is 23.4 Å². The molecule has 3 amide bonds. The lowest BCUT2D eigenvalue weighted by Gasteiger charge is -2.14. The van der Waals surface area contributed by atoms with Gasteiger partial charge in [0.25, 0.3) is 5.91 Å². The smallest absolute Gasteiger partial charge is 0.255 e. The van der Waals surface area contributed by atoms with E-state index >= 15 is 0 Å². The maximum Gasteiger partial charge on any atom is 0.255 e. The number of amides is 3. The second kappa shape index (κ2) is 6.54. The number of hydrogen-bond acceptors (Lipinski definition) is 4. The molecule has 24 heavy (non-hydrogen) atoms. The third kappa shape index (κ3) is 3.43. The van der Waals surface area contributed by atoms with Crippen molar-refractivity contribution in [2.24, 2.45) is 0 Å². The summed E-state index contributed by atoms with van der Waals surface area (Å²) < 4.78 is 0. The van der Waals surface area contributed by atoms with Gasteiger partial charge in [0.1, 0.15) is 5.75 Å². The molecule has 0 spiro atoms. The molecule has 0 bridgehead atoms. The van der Waals surface area contributed by atoms with Crippen LogP contribution in [-0.4, -0.2) is 27.7 Å². The Morgan fingerprint density at radius 3 is 2.33 bits per heavy atom. The zero-order valence-corrected chi connectivity index (χ0v) is 12.9. The van der Waals surface area contributed by atoms with Crippen molar-refractivity contribution in [3.8, 4) is 5.75 Å². The fraction of sp³-hybridized carbons (Fsp3) is 0.167. The van der Waals surface area contributed by atoms with Gasteiger partial charge in [-0.3, -0.25) is 19.3 Å². The highest BCUT2D eigenvalue weighted by Gasteiger charge is 2.28. The fourth-order valence-corrected chi connectivity index (χ4v) is 2.53. The lowest BCUT2D eigenvalue weighted by molar-refractivity contribution is -0.139. The molecule has 0 atom stereocenters. The average molecular weight is 324 g/mol. The van der Waals surface area contributed by atoms with Crippen LogP contribution in [0, 0.1) is 0 Å². The quantitative estimate of drug-likeness (QED) is 0.845.